The Bertz CT molecular complexity index is 843. The van der Waals surface area contributed by atoms with Crippen molar-refractivity contribution in [3.05, 3.63) is 66.1 Å². The Balaban J connectivity index is 1.57. The van der Waals surface area contributed by atoms with Crippen molar-refractivity contribution >= 4 is 11.7 Å². The predicted molar refractivity (Wildman–Crippen MR) is 87.8 cm³/mol. The van der Waals surface area contributed by atoms with Crippen molar-refractivity contribution in [1.82, 2.24) is 9.97 Å². The van der Waals surface area contributed by atoms with Gasteiger partial charge in [-0.25, -0.2) is 14.4 Å². The molecule has 3 rings (SSSR count). The smallest absolute Gasteiger partial charge is 0.226 e. The zero-order chi connectivity index (χ0) is 16.9. The minimum Gasteiger partial charge on any atom is -0.441 e. The Morgan fingerprint density at radius 3 is 2.75 bits per heavy atom. The first-order chi connectivity index (χ1) is 11.6. The van der Waals surface area contributed by atoms with Crippen molar-refractivity contribution in [1.29, 1.82) is 0 Å². The van der Waals surface area contributed by atoms with E-state index in [-0.39, 0.29) is 18.1 Å². The number of hydrogen-bond acceptors (Lipinski definition) is 4. The first-order valence-corrected chi connectivity index (χ1v) is 7.53. The number of amides is 1. The standard InChI is InChI=1S/C18H16FN3O2/c1-12-8-9-20-16(10-12)22-17(23)6-7-18-21-11-15(24-18)13-2-4-14(19)5-3-13/h2-5,8-11H,6-7H2,1H3,(H,20,22,23). The van der Waals surface area contributed by atoms with E-state index in [1.54, 1.807) is 30.6 Å². The molecule has 1 amide bonds. The van der Waals surface area contributed by atoms with Crippen molar-refractivity contribution in [2.24, 2.45) is 0 Å². The largest absolute Gasteiger partial charge is 0.441 e. The van der Waals surface area contributed by atoms with E-state index in [0.29, 0.717) is 23.9 Å². The van der Waals surface area contributed by atoms with E-state index in [2.05, 4.69) is 15.3 Å². The third-order valence-electron chi connectivity index (χ3n) is 3.43. The molecule has 122 valence electrons. The van der Waals surface area contributed by atoms with E-state index >= 15 is 0 Å². The normalized spacial score (nSPS) is 10.6. The van der Waals surface area contributed by atoms with Crippen LogP contribution in [0.2, 0.25) is 0 Å². The maximum absolute atomic E-state index is 12.9. The monoisotopic (exact) mass is 325 g/mol. The second-order valence-corrected chi connectivity index (χ2v) is 5.39. The molecule has 2 heterocycles. The van der Waals surface area contributed by atoms with E-state index in [9.17, 15) is 9.18 Å². The highest BCUT2D eigenvalue weighted by molar-refractivity contribution is 5.89. The molecule has 0 aliphatic carbocycles. The van der Waals surface area contributed by atoms with E-state index in [4.69, 9.17) is 4.42 Å². The summed E-state index contributed by atoms with van der Waals surface area (Å²) in [5.74, 6) is 1.07. The lowest BCUT2D eigenvalue weighted by Gasteiger charge is -2.03. The summed E-state index contributed by atoms with van der Waals surface area (Å²) in [6.07, 6.45) is 3.83. The first kappa shape index (κ1) is 15.9. The van der Waals surface area contributed by atoms with Gasteiger partial charge in [0.05, 0.1) is 6.20 Å². The van der Waals surface area contributed by atoms with Crippen LogP contribution in [0.25, 0.3) is 11.3 Å². The van der Waals surface area contributed by atoms with Gasteiger partial charge in [-0.3, -0.25) is 4.79 Å². The average molecular weight is 325 g/mol. The van der Waals surface area contributed by atoms with Crippen LogP contribution in [0, 0.1) is 12.7 Å². The molecule has 0 unspecified atom stereocenters. The van der Waals surface area contributed by atoms with Gasteiger partial charge < -0.3 is 9.73 Å². The second kappa shape index (κ2) is 7.04. The summed E-state index contributed by atoms with van der Waals surface area (Å²) < 4.78 is 18.5. The summed E-state index contributed by atoms with van der Waals surface area (Å²) in [6, 6.07) is 9.63. The molecule has 0 fully saturated rings. The summed E-state index contributed by atoms with van der Waals surface area (Å²) in [7, 11) is 0. The lowest BCUT2D eigenvalue weighted by molar-refractivity contribution is -0.116. The molecule has 0 atom stereocenters. The SMILES string of the molecule is Cc1ccnc(NC(=O)CCc2ncc(-c3ccc(F)cc3)o2)c1. The molecular formula is C18H16FN3O2. The molecule has 2 aromatic heterocycles. The Morgan fingerprint density at radius 2 is 2.00 bits per heavy atom. The van der Waals surface area contributed by atoms with Crippen LogP contribution in [0.4, 0.5) is 10.2 Å². The number of rotatable bonds is 5. The van der Waals surface area contributed by atoms with Crippen molar-refractivity contribution in [2.45, 2.75) is 19.8 Å². The molecule has 0 saturated heterocycles. The molecule has 0 aliphatic heterocycles. The molecule has 1 N–H and O–H groups in total. The Morgan fingerprint density at radius 1 is 1.21 bits per heavy atom. The number of aromatic nitrogens is 2. The van der Waals surface area contributed by atoms with E-state index in [1.165, 1.54) is 12.1 Å². The van der Waals surface area contributed by atoms with Crippen LogP contribution < -0.4 is 5.32 Å². The summed E-state index contributed by atoms with van der Waals surface area (Å²) in [5, 5.41) is 2.74. The van der Waals surface area contributed by atoms with Gasteiger partial charge in [-0.1, -0.05) is 0 Å². The van der Waals surface area contributed by atoms with Crippen molar-refractivity contribution in [3.63, 3.8) is 0 Å². The average Bonchev–Trinajstić information content (AvgIpc) is 3.03. The fourth-order valence-electron chi connectivity index (χ4n) is 2.20. The Labute approximate surface area is 138 Å². The van der Waals surface area contributed by atoms with Crippen molar-refractivity contribution in [2.75, 3.05) is 5.32 Å². The molecule has 6 heteroatoms. The van der Waals surface area contributed by atoms with Gasteiger partial charge in [-0.15, -0.1) is 0 Å². The molecule has 5 nitrogen and oxygen atoms in total. The number of benzene rings is 1. The van der Waals surface area contributed by atoms with Gasteiger partial charge in [0, 0.05) is 24.6 Å². The highest BCUT2D eigenvalue weighted by atomic mass is 19.1. The molecule has 0 saturated carbocycles. The van der Waals surface area contributed by atoms with Gasteiger partial charge in [0.1, 0.15) is 11.6 Å². The fraction of sp³-hybridized carbons (Fsp3) is 0.167. The number of aryl methyl sites for hydroxylation is 2. The van der Waals surface area contributed by atoms with Crippen LogP contribution in [-0.2, 0) is 11.2 Å². The summed E-state index contributed by atoms with van der Waals surface area (Å²) in [6.45, 7) is 1.93. The number of nitrogens with one attached hydrogen (secondary N) is 1. The molecule has 24 heavy (non-hydrogen) atoms. The van der Waals surface area contributed by atoms with Crippen LogP contribution in [0.15, 0.2) is 53.2 Å². The molecular weight excluding hydrogens is 309 g/mol. The number of halogens is 1. The summed E-state index contributed by atoms with van der Waals surface area (Å²) in [5.41, 5.74) is 1.76. The zero-order valence-corrected chi connectivity index (χ0v) is 13.1. The van der Waals surface area contributed by atoms with Crippen LogP contribution in [-0.4, -0.2) is 15.9 Å². The van der Waals surface area contributed by atoms with Crippen LogP contribution in [0.3, 0.4) is 0 Å². The van der Waals surface area contributed by atoms with Gasteiger partial charge in [-0.2, -0.15) is 0 Å². The first-order valence-electron chi connectivity index (χ1n) is 7.53. The second-order valence-electron chi connectivity index (χ2n) is 5.39. The van der Waals surface area contributed by atoms with Crippen molar-refractivity contribution in [3.8, 4) is 11.3 Å². The van der Waals surface area contributed by atoms with Crippen LogP contribution >= 0.6 is 0 Å². The lowest BCUT2D eigenvalue weighted by atomic mass is 10.2. The number of pyridine rings is 1. The number of hydrogen-bond donors (Lipinski definition) is 1. The van der Waals surface area contributed by atoms with Crippen LogP contribution in [0.1, 0.15) is 17.9 Å². The van der Waals surface area contributed by atoms with Crippen molar-refractivity contribution < 1.29 is 13.6 Å². The number of anilines is 1. The fourth-order valence-corrected chi connectivity index (χ4v) is 2.20. The minimum absolute atomic E-state index is 0.158. The summed E-state index contributed by atoms with van der Waals surface area (Å²) >= 11 is 0. The molecule has 3 aromatic rings. The van der Waals surface area contributed by atoms with Gasteiger partial charge in [0.15, 0.2) is 11.7 Å². The quantitative estimate of drug-likeness (QED) is 0.775. The number of carbonyl (C=O) groups excluding carboxylic acids is 1. The van der Waals surface area contributed by atoms with Gasteiger partial charge >= 0.3 is 0 Å². The maximum Gasteiger partial charge on any atom is 0.226 e. The van der Waals surface area contributed by atoms with Gasteiger partial charge in [0.2, 0.25) is 5.91 Å². The van der Waals surface area contributed by atoms with E-state index < -0.39 is 0 Å². The number of oxazole rings is 1. The Kier molecular flexibility index (Phi) is 4.65. The third-order valence-corrected chi connectivity index (χ3v) is 3.43. The van der Waals surface area contributed by atoms with E-state index in [0.717, 1.165) is 11.1 Å². The van der Waals surface area contributed by atoms with Gasteiger partial charge in [-0.05, 0) is 48.9 Å². The van der Waals surface area contributed by atoms with Crippen LogP contribution in [0.5, 0.6) is 0 Å². The highest BCUT2D eigenvalue weighted by Crippen LogP contribution is 2.21. The molecule has 1 aromatic carbocycles. The number of carbonyl (C=O) groups is 1. The molecule has 0 bridgehead atoms. The molecule has 0 radical (unpaired) electrons. The maximum atomic E-state index is 12.9. The third kappa shape index (κ3) is 4.04. The minimum atomic E-state index is -0.306. The Hall–Kier alpha value is -3.02. The predicted octanol–water partition coefficient (Wildman–Crippen LogP) is 3.76. The molecule has 0 spiro atoms. The van der Waals surface area contributed by atoms with Gasteiger partial charge in [0.25, 0.3) is 0 Å². The topological polar surface area (TPSA) is 68.0 Å². The number of nitrogens with zero attached hydrogens (tertiary/aromatic N) is 2. The molecule has 0 aliphatic rings. The van der Waals surface area contributed by atoms with E-state index in [1.807, 2.05) is 13.0 Å². The highest BCUT2D eigenvalue weighted by Gasteiger charge is 2.10. The zero-order valence-electron chi connectivity index (χ0n) is 13.1. The summed E-state index contributed by atoms with van der Waals surface area (Å²) in [4.78, 5) is 20.2. The lowest BCUT2D eigenvalue weighted by Crippen LogP contribution is -2.13.